The van der Waals surface area contributed by atoms with E-state index in [-0.39, 0.29) is 12.6 Å². The number of carbonyl (C=O) groups excluding carboxylic acids is 1. The molecule has 9 nitrogen and oxygen atoms in total. The fraction of sp³-hybridized carbons (Fsp3) is 0.240. The van der Waals surface area contributed by atoms with Crippen LogP contribution in [0.2, 0.25) is 0 Å². The Hall–Kier alpha value is -3.79. The molecular weight excluding hydrogens is 430 g/mol. The highest BCUT2D eigenvalue weighted by atomic mass is 16.5. The van der Waals surface area contributed by atoms with Gasteiger partial charge in [0, 0.05) is 31.4 Å². The van der Waals surface area contributed by atoms with E-state index < -0.39 is 5.91 Å². The van der Waals surface area contributed by atoms with E-state index in [9.17, 15) is 4.79 Å². The SMILES string of the molecule is C[C@@H](Nc1ncnc2[nH]c(-c3ccc(CNCCNCC(=O)NO)cc3)cc12)c1ccccc1. The Labute approximate surface area is 198 Å². The summed E-state index contributed by atoms with van der Waals surface area (Å²) in [5, 5.41) is 19.2. The number of fused-ring (bicyclic) bond motifs is 1. The number of nitrogens with one attached hydrogen (secondary N) is 5. The van der Waals surface area contributed by atoms with E-state index in [4.69, 9.17) is 5.21 Å². The van der Waals surface area contributed by atoms with Crippen molar-refractivity contribution in [2.45, 2.75) is 19.5 Å². The number of aromatic nitrogens is 3. The van der Waals surface area contributed by atoms with Crippen molar-refractivity contribution in [2.24, 2.45) is 0 Å². The monoisotopic (exact) mass is 459 g/mol. The zero-order chi connectivity index (χ0) is 23.8. The van der Waals surface area contributed by atoms with Gasteiger partial charge in [0.25, 0.3) is 5.91 Å². The van der Waals surface area contributed by atoms with E-state index in [1.54, 1.807) is 11.8 Å². The van der Waals surface area contributed by atoms with Crippen LogP contribution in [0.5, 0.6) is 0 Å². The molecule has 6 N–H and O–H groups in total. The molecule has 34 heavy (non-hydrogen) atoms. The van der Waals surface area contributed by atoms with Crippen LogP contribution in [0.25, 0.3) is 22.3 Å². The minimum absolute atomic E-state index is 0.0875. The normalized spacial score (nSPS) is 11.9. The zero-order valence-electron chi connectivity index (χ0n) is 19.0. The zero-order valence-corrected chi connectivity index (χ0v) is 19.0. The molecule has 0 spiro atoms. The standard InChI is InChI=1S/C25H29N7O2/c1-17(19-5-3-2-4-6-19)30-24-21-13-22(31-25(21)29-16-28-24)20-9-7-18(8-10-20)14-26-11-12-27-15-23(33)32-34/h2-10,13,16-17,26-27,34H,11-12,14-15H2,1H3,(H,32,33)(H2,28,29,30,31)/t17-/m1/s1. The van der Waals surface area contributed by atoms with E-state index in [1.165, 1.54) is 5.56 Å². The van der Waals surface area contributed by atoms with Crippen molar-refractivity contribution in [2.75, 3.05) is 25.0 Å². The van der Waals surface area contributed by atoms with Gasteiger partial charge in [-0.3, -0.25) is 10.0 Å². The summed E-state index contributed by atoms with van der Waals surface area (Å²) in [4.78, 5) is 23.2. The number of hydrogen-bond donors (Lipinski definition) is 6. The molecule has 0 saturated heterocycles. The summed E-state index contributed by atoms with van der Waals surface area (Å²) in [6.45, 7) is 4.26. The van der Waals surface area contributed by atoms with Crippen LogP contribution in [0, 0.1) is 0 Å². The summed E-state index contributed by atoms with van der Waals surface area (Å²) in [5.74, 6) is 0.349. The molecule has 0 unspecified atom stereocenters. The third-order valence-electron chi connectivity index (χ3n) is 5.56. The predicted octanol–water partition coefficient (Wildman–Crippen LogP) is 2.98. The molecule has 2 aromatic heterocycles. The van der Waals surface area contributed by atoms with Crippen LogP contribution in [0.3, 0.4) is 0 Å². The van der Waals surface area contributed by atoms with Gasteiger partial charge in [-0.2, -0.15) is 0 Å². The lowest BCUT2D eigenvalue weighted by Crippen LogP contribution is -2.35. The number of amides is 1. The molecule has 0 fully saturated rings. The number of anilines is 1. The summed E-state index contributed by atoms with van der Waals surface area (Å²) in [6.07, 6.45) is 1.57. The highest BCUT2D eigenvalue weighted by Crippen LogP contribution is 2.29. The van der Waals surface area contributed by atoms with Gasteiger partial charge in [-0.1, -0.05) is 54.6 Å². The number of benzene rings is 2. The molecular formula is C25H29N7O2. The smallest absolute Gasteiger partial charge is 0.257 e. The van der Waals surface area contributed by atoms with Crippen LogP contribution in [0.4, 0.5) is 5.82 Å². The number of carbonyl (C=O) groups is 1. The van der Waals surface area contributed by atoms with Crippen molar-refractivity contribution >= 4 is 22.8 Å². The number of hydroxylamine groups is 1. The second-order valence-corrected chi connectivity index (χ2v) is 8.03. The first-order valence-electron chi connectivity index (χ1n) is 11.2. The van der Waals surface area contributed by atoms with Crippen LogP contribution in [0.15, 0.2) is 67.0 Å². The largest absolute Gasteiger partial charge is 0.363 e. The Kier molecular flexibility index (Phi) is 7.82. The molecule has 0 aliphatic heterocycles. The van der Waals surface area contributed by atoms with Crippen LogP contribution in [-0.2, 0) is 11.3 Å². The van der Waals surface area contributed by atoms with Crippen LogP contribution >= 0.6 is 0 Å². The second-order valence-electron chi connectivity index (χ2n) is 8.03. The average molecular weight is 460 g/mol. The lowest BCUT2D eigenvalue weighted by Gasteiger charge is -2.15. The number of H-pyrrole nitrogens is 1. The Morgan fingerprint density at radius 3 is 2.56 bits per heavy atom. The van der Waals surface area contributed by atoms with E-state index >= 15 is 0 Å². The topological polar surface area (TPSA) is 127 Å². The molecule has 0 aliphatic rings. The molecule has 4 rings (SSSR count). The van der Waals surface area contributed by atoms with Gasteiger partial charge in [0.05, 0.1) is 11.9 Å². The maximum Gasteiger partial charge on any atom is 0.257 e. The summed E-state index contributed by atoms with van der Waals surface area (Å²) in [5.41, 5.74) is 6.79. The van der Waals surface area contributed by atoms with Crippen LogP contribution in [-0.4, -0.2) is 45.7 Å². The molecule has 9 heteroatoms. The van der Waals surface area contributed by atoms with E-state index in [2.05, 4.69) is 80.3 Å². The second kappa shape index (κ2) is 11.4. The molecule has 2 aromatic carbocycles. The van der Waals surface area contributed by atoms with E-state index in [0.29, 0.717) is 13.1 Å². The maximum atomic E-state index is 10.9. The van der Waals surface area contributed by atoms with Crippen molar-refractivity contribution in [1.82, 2.24) is 31.1 Å². The molecule has 0 saturated carbocycles. The molecule has 0 radical (unpaired) electrons. The summed E-state index contributed by atoms with van der Waals surface area (Å²) < 4.78 is 0. The Morgan fingerprint density at radius 2 is 1.79 bits per heavy atom. The minimum Gasteiger partial charge on any atom is -0.363 e. The molecule has 4 aromatic rings. The fourth-order valence-corrected chi connectivity index (χ4v) is 3.69. The highest BCUT2D eigenvalue weighted by Gasteiger charge is 2.12. The van der Waals surface area contributed by atoms with E-state index in [0.717, 1.165) is 40.2 Å². The molecule has 2 heterocycles. The Balaban J connectivity index is 1.37. The molecule has 176 valence electrons. The summed E-state index contributed by atoms with van der Waals surface area (Å²) in [7, 11) is 0. The highest BCUT2D eigenvalue weighted by molar-refractivity contribution is 5.91. The van der Waals surface area contributed by atoms with Crippen molar-refractivity contribution in [3.63, 3.8) is 0 Å². The summed E-state index contributed by atoms with van der Waals surface area (Å²) >= 11 is 0. The lowest BCUT2D eigenvalue weighted by atomic mass is 10.1. The van der Waals surface area contributed by atoms with Gasteiger partial charge in [0.1, 0.15) is 17.8 Å². The quantitative estimate of drug-likeness (QED) is 0.116. The number of aromatic amines is 1. The van der Waals surface area contributed by atoms with Gasteiger partial charge in [0.2, 0.25) is 0 Å². The summed E-state index contributed by atoms with van der Waals surface area (Å²) in [6, 6.07) is 20.8. The van der Waals surface area contributed by atoms with Crippen LogP contribution in [0.1, 0.15) is 24.1 Å². The van der Waals surface area contributed by atoms with Gasteiger partial charge in [-0.15, -0.1) is 0 Å². The predicted molar refractivity (Wildman–Crippen MR) is 132 cm³/mol. The first-order valence-corrected chi connectivity index (χ1v) is 11.2. The fourth-order valence-electron chi connectivity index (χ4n) is 3.69. The van der Waals surface area contributed by atoms with Gasteiger partial charge in [-0.25, -0.2) is 15.4 Å². The van der Waals surface area contributed by atoms with Gasteiger partial charge < -0.3 is 20.9 Å². The number of nitrogens with zero attached hydrogens (tertiary/aromatic N) is 2. The van der Waals surface area contributed by atoms with Crippen molar-refractivity contribution in [3.8, 4) is 11.3 Å². The van der Waals surface area contributed by atoms with Gasteiger partial charge in [0.15, 0.2) is 0 Å². The molecule has 1 amide bonds. The van der Waals surface area contributed by atoms with Crippen molar-refractivity contribution in [3.05, 3.63) is 78.1 Å². The third-order valence-corrected chi connectivity index (χ3v) is 5.56. The maximum absolute atomic E-state index is 10.9. The first-order chi connectivity index (χ1) is 16.6. The number of hydrogen-bond acceptors (Lipinski definition) is 7. The average Bonchev–Trinajstić information content (AvgIpc) is 3.32. The van der Waals surface area contributed by atoms with Crippen LogP contribution < -0.4 is 21.4 Å². The molecule has 0 aliphatic carbocycles. The minimum atomic E-state index is -0.452. The Bertz CT molecular complexity index is 1210. The van der Waals surface area contributed by atoms with E-state index in [1.807, 2.05) is 18.2 Å². The van der Waals surface area contributed by atoms with Crippen molar-refractivity contribution in [1.29, 1.82) is 0 Å². The van der Waals surface area contributed by atoms with Crippen molar-refractivity contribution < 1.29 is 10.0 Å². The molecule has 1 atom stereocenters. The molecule has 0 bridgehead atoms. The number of rotatable bonds is 11. The lowest BCUT2D eigenvalue weighted by molar-refractivity contribution is -0.128. The third kappa shape index (κ3) is 5.96. The first kappa shape index (κ1) is 23.4. The van der Waals surface area contributed by atoms with Gasteiger partial charge in [-0.05, 0) is 29.7 Å². The van der Waals surface area contributed by atoms with Gasteiger partial charge >= 0.3 is 0 Å². The Morgan fingerprint density at radius 1 is 1.03 bits per heavy atom.